The minimum atomic E-state index is -1.32. The molecule has 0 fully saturated rings. The third-order valence-electron chi connectivity index (χ3n) is 0.865. The molecule has 0 bridgehead atoms. The predicted molar refractivity (Wildman–Crippen MR) is 29.1 cm³/mol. The molecule has 0 aromatic rings. The standard InChI is InChI=1S/C5H6O5/c6-5(7)9-2-4-1-8-3-10-4/h1H,2-3H2,(H,6,7). The van der Waals surface area contributed by atoms with Crippen molar-refractivity contribution in [3.05, 3.63) is 12.0 Å². The van der Waals surface area contributed by atoms with E-state index in [1.165, 1.54) is 6.26 Å². The lowest BCUT2D eigenvalue weighted by atomic mass is 10.6. The Balaban J connectivity index is 2.19. The quantitative estimate of drug-likeness (QED) is 0.575. The molecule has 0 atom stereocenters. The summed E-state index contributed by atoms with van der Waals surface area (Å²) >= 11 is 0. The van der Waals surface area contributed by atoms with Gasteiger partial charge in [-0.05, 0) is 0 Å². The molecule has 0 aromatic carbocycles. The maximum absolute atomic E-state index is 9.81. The Morgan fingerprint density at radius 3 is 3.20 bits per heavy atom. The molecule has 0 aromatic heterocycles. The molecule has 0 unspecified atom stereocenters. The number of hydrogen-bond acceptors (Lipinski definition) is 4. The van der Waals surface area contributed by atoms with Crippen LogP contribution in [0.4, 0.5) is 4.79 Å². The summed E-state index contributed by atoms with van der Waals surface area (Å²) in [5.41, 5.74) is 0. The summed E-state index contributed by atoms with van der Waals surface area (Å²) in [5.74, 6) is 0.391. The molecule has 1 heterocycles. The van der Waals surface area contributed by atoms with E-state index in [0.29, 0.717) is 5.76 Å². The van der Waals surface area contributed by atoms with Gasteiger partial charge in [0.15, 0.2) is 12.4 Å². The summed E-state index contributed by atoms with van der Waals surface area (Å²) in [5, 5.41) is 8.03. The Kier molecular flexibility index (Phi) is 1.99. The lowest BCUT2D eigenvalue weighted by Crippen LogP contribution is -2.04. The van der Waals surface area contributed by atoms with E-state index in [1.54, 1.807) is 0 Å². The maximum atomic E-state index is 9.81. The van der Waals surface area contributed by atoms with Gasteiger partial charge in [-0.2, -0.15) is 0 Å². The van der Waals surface area contributed by atoms with E-state index in [0.717, 1.165) is 0 Å². The highest BCUT2D eigenvalue weighted by Crippen LogP contribution is 2.05. The van der Waals surface area contributed by atoms with Crippen molar-refractivity contribution in [2.75, 3.05) is 13.4 Å². The Morgan fingerprint density at radius 2 is 2.70 bits per heavy atom. The summed E-state index contributed by atoms with van der Waals surface area (Å²) < 4.78 is 13.6. The molecule has 1 N–H and O–H groups in total. The summed E-state index contributed by atoms with van der Waals surface area (Å²) in [6.07, 6.45) is -0.000417. The minimum absolute atomic E-state index is 0.0880. The van der Waals surface area contributed by atoms with Crippen LogP contribution in [0.1, 0.15) is 0 Å². The van der Waals surface area contributed by atoms with Gasteiger partial charge in [-0.3, -0.25) is 0 Å². The van der Waals surface area contributed by atoms with Crippen molar-refractivity contribution in [3.8, 4) is 0 Å². The molecule has 5 nitrogen and oxygen atoms in total. The molecule has 56 valence electrons. The maximum Gasteiger partial charge on any atom is 0.506 e. The van der Waals surface area contributed by atoms with Crippen LogP contribution in [0.3, 0.4) is 0 Å². The lowest BCUT2D eigenvalue weighted by molar-refractivity contribution is 0.0529. The van der Waals surface area contributed by atoms with Gasteiger partial charge in [-0.1, -0.05) is 0 Å². The topological polar surface area (TPSA) is 65.0 Å². The van der Waals surface area contributed by atoms with Crippen LogP contribution in [-0.2, 0) is 14.2 Å². The molecule has 10 heavy (non-hydrogen) atoms. The summed E-state index contributed by atoms with van der Waals surface area (Å²) in [4.78, 5) is 9.81. The van der Waals surface area contributed by atoms with E-state index in [1.807, 2.05) is 0 Å². The average Bonchev–Trinajstić information content (AvgIpc) is 2.34. The fourth-order valence-corrected chi connectivity index (χ4v) is 0.479. The van der Waals surface area contributed by atoms with Crippen molar-refractivity contribution in [1.82, 2.24) is 0 Å². The third-order valence-corrected chi connectivity index (χ3v) is 0.865. The van der Waals surface area contributed by atoms with Crippen LogP contribution >= 0.6 is 0 Å². The van der Waals surface area contributed by atoms with Gasteiger partial charge in [0.2, 0.25) is 6.79 Å². The van der Waals surface area contributed by atoms with Gasteiger partial charge in [0.05, 0.1) is 0 Å². The fraction of sp³-hybridized carbons (Fsp3) is 0.400. The van der Waals surface area contributed by atoms with Gasteiger partial charge >= 0.3 is 6.16 Å². The van der Waals surface area contributed by atoms with Crippen molar-refractivity contribution in [3.63, 3.8) is 0 Å². The van der Waals surface area contributed by atoms with E-state index in [9.17, 15) is 4.79 Å². The number of hydrogen-bond donors (Lipinski definition) is 1. The van der Waals surface area contributed by atoms with Crippen LogP contribution in [0, 0.1) is 0 Å². The molecular formula is C5H6O5. The third kappa shape index (κ3) is 1.85. The Morgan fingerprint density at radius 1 is 1.90 bits per heavy atom. The van der Waals surface area contributed by atoms with Crippen LogP contribution in [0.5, 0.6) is 0 Å². The second-order valence-electron chi connectivity index (χ2n) is 1.57. The van der Waals surface area contributed by atoms with Crippen LogP contribution in [0.25, 0.3) is 0 Å². The van der Waals surface area contributed by atoms with Crippen LogP contribution in [-0.4, -0.2) is 24.7 Å². The highest BCUT2D eigenvalue weighted by Gasteiger charge is 2.07. The summed E-state index contributed by atoms with van der Waals surface area (Å²) in [6.45, 7) is 0.0493. The summed E-state index contributed by atoms with van der Waals surface area (Å²) in [7, 11) is 0. The normalized spacial score (nSPS) is 15.0. The Bertz CT molecular complexity index is 161. The van der Waals surface area contributed by atoms with Gasteiger partial charge in [-0.15, -0.1) is 0 Å². The Labute approximate surface area is 56.8 Å². The summed E-state index contributed by atoms with van der Waals surface area (Å²) in [6, 6.07) is 0. The molecule has 0 saturated heterocycles. The fourth-order valence-electron chi connectivity index (χ4n) is 0.479. The highest BCUT2D eigenvalue weighted by atomic mass is 16.7. The zero-order valence-corrected chi connectivity index (χ0v) is 5.07. The molecule has 1 rings (SSSR count). The smallest absolute Gasteiger partial charge is 0.461 e. The molecule has 0 amide bonds. The largest absolute Gasteiger partial charge is 0.506 e. The second-order valence-corrected chi connectivity index (χ2v) is 1.57. The number of ether oxygens (including phenoxy) is 3. The first-order valence-electron chi connectivity index (χ1n) is 2.58. The van der Waals surface area contributed by atoms with E-state index in [2.05, 4.69) is 9.47 Å². The van der Waals surface area contributed by atoms with Crippen molar-refractivity contribution < 1.29 is 24.1 Å². The molecule has 5 heteroatoms. The first-order chi connectivity index (χ1) is 4.79. The van der Waals surface area contributed by atoms with Crippen LogP contribution < -0.4 is 0 Å². The van der Waals surface area contributed by atoms with Crippen molar-refractivity contribution in [1.29, 1.82) is 0 Å². The molecule has 0 saturated carbocycles. The average molecular weight is 146 g/mol. The first kappa shape index (κ1) is 6.73. The number of rotatable bonds is 2. The molecule has 1 aliphatic heterocycles. The van der Waals surface area contributed by atoms with Crippen molar-refractivity contribution >= 4 is 6.16 Å². The lowest BCUT2D eigenvalue weighted by Gasteiger charge is -1.98. The SMILES string of the molecule is O=C(O)OCC1=COCO1. The first-order valence-corrected chi connectivity index (χ1v) is 2.58. The van der Waals surface area contributed by atoms with Crippen LogP contribution in [0.15, 0.2) is 12.0 Å². The van der Waals surface area contributed by atoms with Gasteiger partial charge in [-0.25, -0.2) is 4.79 Å². The molecule has 1 aliphatic rings. The number of carbonyl (C=O) groups is 1. The zero-order valence-electron chi connectivity index (χ0n) is 5.07. The van der Waals surface area contributed by atoms with Gasteiger partial charge < -0.3 is 19.3 Å². The monoisotopic (exact) mass is 146 g/mol. The van der Waals surface area contributed by atoms with E-state index in [4.69, 9.17) is 9.84 Å². The molecule has 0 radical (unpaired) electrons. The van der Waals surface area contributed by atoms with E-state index < -0.39 is 6.16 Å². The van der Waals surface area contributed by atoms with E-state index in [-0.39, 0.29) is 13.4 Å². The predicted octanol–water partition coefficient (Wildman–Crippen LogP) is 0.527. The number of carboxylic acid groups (broad SMARTS) is 1. The highest BCUT2D eigenvalue weighted by molar-refractivity contribution is 5.56. The molecule has 0 spiro atoms. The van der Waals surface area contributed by atoms with Crippen LogP contribution in [0.2, 0.25) is 0 Å². The van der Waals surface area contributed by atoms with E-state index >= 15 is 0 Å². The van der Waals surface area contributed by atoms with Gasteiger partial charge in [0.25, 0.3) is 0 Å². The van der Waals surface area contributed by atoms with Crippen molar-refractivity contribution in [2.24, 2.45) is 0 Å². The minimum Gasteiger partial charge on any atom is -0.461 e. The Hall–Kier alpha value is -1.39. The zero-order chi connectivity index (χ0) is 7.40. The van der Waals surface area contributed by atoms with Gasteiger partial charge in [0.1, 0.15) is 6.26 Å². The molecule has 0 aliphatic carbocycles. The molecular weight excluding hydrogens is 140 g/mol. The van der Waals surface area contributed by atoms with Gasteiger partial charge in [0, 0.05) is 0 Å². The second kappa shape index (κ2) is 2.95. The van der Waals surface area contributed by atoms with Crippen molar-refractivity contribution in [2.45, 2.75) is 0 Å².